The van der Waals surface area contributed by atoms with Crippen molar-refractivity contribution < 1.29 is 9.53 Å². The van der Waals surface area contributed by atoms with Crippen molar-refractivity contribution in [1.29, 1.82) is 0 Å². The van der Waals surface area contributed by atoms with E-state index >= 15 is 0 Å². The molecule has 0 aromatic heterocycles. The average Bonchev–Trinajstić information content (AvgIpc) is 2.85. The number of nitrogens with one attached hydrogen (secondary N) is 1. The first-order valence-corrected chi connectivity index (χ1v) is 11.5. The molecule has 0 radical (unpaired) electrons. The standard InChI is InChI=1S/C15H15NO2S.C11H16N2/c1-11-3-8-15(9-12(11)10-17)19-16-13-4-6-14(18-2)7-5-13;1-12-7-9-13(10-8-12)11-5-3-2-4-6-11/h3-10,16H,1-2H3;2-6H,7-10H2,1H3. The number of hydrogen-bond acceptors (Lipinski definition) is 6. The molecule has 1 heterocycles. The summed E-state index contributed by atoms with van der Waals surface area (Å²) in [5, 5.41) is 0. The lowest BCUT2D eigenvalue weighted by Gasteiger charge is -2.33. The Kier molecular flexibility index (Phi) is 9.01. The molecule has 0 spiro atoms. The second-order valence-electron chi connectivity index (χ2n) is 7.69. The second kappa shape index (κ2) is 12.2. The zero-order valence-electron chi connectivity index (χ0n) is 19.0. The Labute approximate surface area is 195 Å². The lowest BCUT2D eigenvalue weighted by molar-refractivity contribution is 0.112. The lowest BCUT2D eigenvalue weighted by atomic mass is 10.1. The number of aryl methyl sites for hydroxylation is 1. The molecular weight excluding hydrogens is 418 g/mol. The highest BCUT2D eigenvalue weighted by molar-refractivity contribution is 8.00. The van der Waals surface area contributed by atoms with Crippen molar-refractivity contribution >= 4 is 29.6 Å². The van der Waals surface area contributed by atoms with E-state index in [4.69, 9.17) is 4.74 Å². The van der Waals surface area contributed by atoms with Gasteiger partial charge in [-0.15, -0.1) is 0 Å². The van der Waals surface area contributed by atoms with Gasteiger partial charge >= 0.3 is 0 Å². The first-order valence-electron chi connectivity index (χ1n) is 10.7. The average molecular weight is 450 g/mol. The number of benzene rings is 3. The van der Waals surface area contributed by atoms with Gasteiger partial charge in [0.05, 0.1) is 7.11 Å². The van der Waals surface area contributed by atoms with Crippen molar-refractivity contribution in [3.8, 4) is 5.75 Å². The van der Waals surface area contributed by atoms with Crippen molar-refractivity contribution in [2.75, 3.05) is 50.0 Å². The molecule has 5 nitrogen and oxygen atoms in total. The molecule has 1 fully saturated rings. The van der Waals surface area contributed by atoms with E-state index in [2.05, 4.69) is 51.9 Å². The molecule has 0 unspecified atom stereocenters. The van der Waals surface area contributed by atoms with Gasteiger partial charge in [0.25, 0.3) is 0 Å². The maximum Gasteiger partial charge on any atom is 0.150 e. The molecule has 0 bridgehead atoms. The van der Waals surface area contributed by atoms with Crippen LogP contribution in [0.15, 0.2) is 77.7 Å². The van der Waals surface area contributed by atoms with Gasteiger partial charge in [0.15, 0.2) is 0 Å². The minimum Gasteiger partial charge on any atom is -0.497 e. The van der Waals surface area contributed by atoms with Crippen LogP contribution >= 0.6 is 11.9 Å². The fraction of sp³-hybridized carbons (Fsp3) is 0.269. The van der Waals surface area contributed by atoms with E-state index in [1.807, 2.05) is 49.4 Å². The number of carbonyl (C=O) groups is 1. The van der Waals surface area contributed by atoms with Gasteiger partial charge in [-0.2, -0.15) is 0 Å². The number of methoxy groups -OCH3 is 1. The molecule has 0 saturated carbocycles. The predicted molar refractivity (Wildman–Crippen MR) is 135 cm³/mol. The quantitative estimate of drug-likeness (QED) is 0.403. The molecule has 1 N–H and O–H groups in total. The summed E-state index contributed by atoms with van der Waals surface area (Å²) in [6.07, 6.45) is 0.882. The van der Waals surface area contributed by atoms with Crippen molar-refractivity contribution in [2.45, 2.75) is 11.8 Å². The SMILES string of the molecule is CN1CCN(c2ccccc2)CC1.COc1ccc(NSc2ccc(C)c(C=O)c2)cc1. The van der Waals surface area contributed by atoms with E-state index in [-0.39, 0.29) is 0 Å². The van der Waals surface area contributed by atoms with Crippen molar-refractivity contribution in [3.63, 3.8) is 0 Å². The smallest absolute Gasteiger partial charge is 0.150 e. The number of likely N-dealkylation sites (N-methyl/N-ethyl adjacent to an activating group) is 1. The van der Waals surface area contributed by atoms with Gasteiger partial charge in [-0.1, -0.05) is 24.3 Å². The van der Waals surface area contributed by atoms with Crippen LogP contribution in [-0.2, 0) is 0 Å². The van der Waals surface area contributed by atoms with Crippen LogP contribution in [0.2, 0.25) is 0 Å². The molecule has 32 heavy (non-hydrogen) atoms. The predicted octanol–water partition coefficient (Wildman–Crippen LogP) is 5.37. The van der Waals surface area contributed by atoms with E-state index in [0.29, 0.717) is 0 Å². The fourth-order valence-corrected chi connectivity index (χ4v) is 3.98. The summed E-state index contributed by atoms with van der Waals surface area (Å²) in [6, 6.07) is 24.2. The van der Waals surface area contributed by atoms with Crippen molar-refractivity contribution in [3.05, 3.63) is 83.9 Å². The van der Waals surface area contributed by atoms with Crippen LogP contribution in [0.25, 0.3) is 0 Å². The van der Waals surface area contributed by atoms with E-state index in [1.165, 1.54) is 30.7 Å². The first kappa shape index (κ1) is 23.7. The van der Waals surface area contributed by atoms with E-state index in [9.17, 15) is 4.79 Å². The van der Waals surface area contributed by atoms with Gasteiger partial charge in [-0.05, 0) is 80.0 Å². The highest BCUT2D eigenvalue weighted by atomic mass is 32.2. The number of ether oxygens (including phenoxy) is 1. The molecule has 1 aliphatic heterocycles. The molecule has 3 aromatic rings. The fourth-order valence-electron chi connectivity index (χ4n) is 3.29. The monoisotopic (exact) mass is 449 g/mol. The Hall–Kier alpha value is -2.96. The van der Waals surface area contributed by atoms with E-state index in [0.717, 1.165) is 46.8 Å². The van der Waals surface area contributed by atoms with E-state index < -0.39 is 0 Å². The van der Waals surface area contributed by atoms with Gasteiger partial charge < -0.3 is 19.3 Å². The summed E-state index contributed by atoms with van der Waals surface area (Å²) in [4.78, 5) is 16.7. The third-order valence-corrected chi connectivity index (χ3v) is 6.21. The van der Waals surface area contributed by atoms with Crippen LogP contribution in [0.1, 0.15) is 15.9 Å². The Morgan fingerprint density at radius 2 is 1.62 bits per heavy atom. The number of carbonyl (C=O) groups excluding carboxylic acids is 1. The Bertz CT molecular complexity index is 972. The number of aldehydes is 1. The maximum absolute atomic E-state index is 10.9. The Morgan fingerprint density at radius 1 is 0.938 bits per heavy atom. The summed E-state index contributed by atoms with van der Waals surface area (Å²) >= 11 is 1.48. The Morgan fingerprint density at radius 3 is 2.25 bits per heavy atom. The third kappa shape index (κ3) is 7.04. The zero-order chi connectivity index (χ0) is 22.8. The van der Waals surface area contributed by atoms with Gasteiger partial charge in [0.1, 0.15) is 12.0 Å². The second-order valence-corrected chi connectivity index (χ2v) is 8.57. The van der Waals surface area contributed by atoms with Gasteiger partial charge in [0, 0.05) is 48.0 Å². The highest BCUT2D eigenvalue weighted by Gasteiger charge is 2.13. The van der Waals surface area contributed by atoms with Crippen LogP contribution in [-0.4, -0.2) is 51.5 Å². The van der Waals surface area contributed by atoms with Gasteiger partial charge in [-0.3, -0.25) is 4.79 Å². The summed E-state index contributed by atoms with van der Waals surface area (Å²) in [5.41, 5.74) is 4.06. The van der Waals surface area contributed by atoms with Crippen LogP contribution in [0.5, 0.6) is 5.75 Å². The Balaban J connectivity index is 0.000000193. The van der Waals surface area contributed by atoms with Crippen LogP contribution in [0, 0.1) is 6.92 Å². The molecule has 4 rings (SSSR count). The molecule has 0 atom stereocenters. The summed E-state index contributed by atoms with van der Waals surface area (Å²) < 4.78 is 8.33. The number of rotatable bonds is 6. The maximum atomic E-state index is 10.9. The number of nitrogens with zero attached hydrogens (tertiary/aromatic N) is 2. The minimum absolute atomic E-state index is 0.724. The largest absolute Gasteiger partial charge is 0.497 e. The molecule has 1 aliphatic rings. The minimum atomic E-state index is 0.724. The normalized spacial score (nSPS) is 13.7. The highest BCUT2D eigenvalue weighted by Crippen LogP contribution is 2.24. The summed E-state index contributed by atoms with van der Waals surface area (Å²) in [7, 11) is 3.83. The molecule has 1 saturated heterocycles. The zero-order valence-corrected chi connectivity index (χ0v) is 19.8. The number of para-hydroxylation sites is 1. The number of piperazine rings is 1. The number of hydrogen-bond donors (Lipinski definition) is 1. The molecule has 168 valence electrons. The van der Waals surface area contributed by atoms with Crippen molar-refractivity contribution in [2.24, 2.45) is 0 Å². The van der Waals surface area contributed by atoms with Crippen LogP contribution in [0.3, 0.4) is 0 Å². The summed E-state index contributed by atoms with van der Waals surface area (Å²) in [5.74, 6) is 0.828. The topological polar surface area (TPSA) is 44.8 Å². The molecule has 6 heteroatoms. The van der Waals surface area contributed by atoms with E-state index in [1.54, 1.807) is 7.11 Å². The van der Waals surface area contributed by atoms with Gasteiger partial charge in [0.2, 0.25) is 0 Å². The van der Waals surface area contributed by atoms with Gasteiger partial charge in [-0.25, -0.2) is 0 Å². The third-order valence-electron chi connectivity index (χ3n) is 5.38. The molecule has 3 aromatic carbocycles. The lowest BCUT2D eigenvalue weighted by Crippen LogP contribution is -2.44. The van der Waals surface area contributed by atoms with Crippen molar-refractivity contribution in [1.82, 2.24) is 4.90 Å². The number of anilines is 2. The molecule has 0 aliphatic carbocycles. The van der Waals surface area contributed by atoms with Crippen LogP contribution in [0.4, 0.5) is 11.4 Å². The van der Waals surface area contributed by atoms with Crippen LogP contribution < -0.4 is 14.4 Å². The molecule has 0 amide bonds. The first-order chi connectivity index (χ1) is 15.6. The summed E-state index contributed by atoms with van der Waals surface area (Å²) in [6.45, 7) is 6.58. The molecular formula is C26H31N3O2S.